The molecule has 0 spiro atoms. The summed E-state index contributed by atoms with van der Waals surface area (Å²) in [6, 6.07) is 9.29. The molecule has 0 amide bonds. The van der Waals surface area contributed by atoms with E-state index in [9.17, 15) is 13.2 Å². The minimum Gasteiger partial charge on any atom is -0.373 e. The van der Waals surface area contributed by atoms with E-state index in [1.54, 1.807) is 18.2 Å². The van der Waals surface area contributed by atoms with Gasteiger partial charge >= 0.3 is 0 Å². The van der Waals surface area contributed by atoms with E-state index >= 15 is 0 Å². The van der Waals surface area contributed by atoms with Crippen molar-refractivity contribution in [1.29, 1.82) is 0 Å². The van der Waals surface area contributed by atoms with Crippen LogP contribution in [0, 0.1) is 23.4 Å². The molecule has 0 saturated heterocycles. The third-order valence-electron chi connectivity index (χ3n) is 8.92. The smallest absolute Gasteiger partial charge is 0.164 e. The second-order valence-electron chi connectivity index (χ2n) is 11.5. The molecule has 2 fully saturated rings. The molecule has 37 heavy (non-hydrogen) atoms. The predicted octanol–water partition coefficient (Wildman–Crippen LogP) is 10.2. The first kappa shape index (κ1) is 28.2. The zero-order valence-electron chi connectivity index (χ0n) is 22.8. The molecule has 2 aromatic rings. The van der Waals surface area contributed by atoms with E-state index in [1.165, 1.54) is 12.8 Å². The summed E-state index contributed by atoms with van der Waals surface area (Å²) in [5.74, 6) is -0.295. The van der Waals surface area contributed by atoms with Crippen molar-refractivity contribution in [3.8, 4) is 0 Å². The fraction of sp³-hybridized carbons (Fsp3) is 0.636. The van der Waals surface area contributed by atoms with Crippen molar-refractivity contribution < 1.29 is 17.9 Å². The van der Waals surface area contributed by atoms with Crippen molar-refractivity contribution in [3.63, 3.8) is 0 Å². The minimum atomic E-state index is -0.739. The number of hydrogen-bond acceptors (Lipinski definition) is 1. The first-order valence-corrected chi connectivity index (χ1v) is 14.9. The van der Waals surface area contributed by atoms with Crippen LogP contribution in [0.15, 0.2) is 30.3 Å². The summed E-state index contributed by atoms with van der Waals surface area (Å²) in [6.07, 6.45) is 14.3. The Morgan fingerprint density at radius 2 is 1.43 bits per heavy atom. The molecule has 0 unspecified atom stereocenters. The largest absolute Gasteiger partial charge is 0.373 e. The monoisotopic (exact) mass is 514 g/mol. The molecule has 4 heteroatoms. The predicted molar refractivity (Wildman–Crippen MR) is 145 cm³/mol. The number of ether oxygens (including phenoxy) is 1. The molecule has 2 aromatic carbocycles. The van der Waals surface area contributed by atoms with Crippen molar-refractivity contribution in [3.05, 3.63) is 70.0 Å². The van der Waals surface area contributed by atoms with Crippen molar-refractivity contribution in [1.82, 2.24) is 0 Å². The number of halogens is 3. The normalized spacial score (nSPS) is 24.4. The number of aryl methyl sites for hydroxylation is 1. The van der Waals surface area contributed by atoms with Gasteiger partial charge in [0, 0.05) is 5.56 Å². The second kappa shape index (κ2) is 13.8. The number of benzene rings is 2. The number of rotatable bonds is 11. The third-order valence-corrected chi connectivity index (χ3v) is 8.92. The summed E-state index contributed by atoms with van der Waals surface area (Å²) in [5.41, 5.74) is 2.74. The van der Waals surface area contributed by atoms with Gasteiger partial charge in [0.1, 0.15) is 5.82 Å². The highest BCUT2D eigenvalue weighted by Crippen LogP contribution is 2.39. The molecule has 0 N–H and O–H groups in total. The third kappa shape index (κ3) is 7.40. The van der Waals surface area contributed by atoms with E-state index in [-0.39, 0.29) is 24.4 Å². The van der Waals surface area contributed by atoms with Gasteiger partial charge in [-0.05, 0) is 105 Å². The van der Waals surface area contributed by atoms with Crippen molar-refractivity contribution >= 4 is 0 Å². The lowest BCUT2D eigenvalue weighted by Gasteiger charge is -2.30. The van der Waals surface area contributed by atoms with E-state index in [0.717, 1.165) is 94.1 Å². The average molecular weight is 515 g/mol. The topological polar surface area (TPSA) is 9.23 Å². The fourth-order valence-corrected chi connectivity index (χ4v) is 6.56. The molecule has 2 aliphatic rings. The van der Waals surface area contributed by atoms with Gasteiger partial charge in [0.05, 0.1) is 12.7 Å². The van der Waals surface area contributed by atoms with Crippen molar-refractivity contribution in [2.45, 2.75) is 128 Å². The van der Waals surface area contributed by atoms with Gasteiger partial charge in [0.15, 0.2) is 11.6 Å². The van der Waals surface area contributed by atoms with Gasteiger partial charge in [0.2, 0.25) is 0 Å². The molecule has 204 valence electrons. The molecule has 2 saturated carbocycles. The molecule has 0 aromatic heterocycles. The van der Waals surface area contributed by atoms with Crippen LogP contribution < -0.4 is 0 Å². The Balaban J connectivity index is 1.26. The lowest BCUT2D eigenvalue weighted by molar-refractivity contribution is 0.0118. The SMILES string of the molecule is CCCCCc1ccc(C2CCC(OCc3ccc(C4CCC(CCC)CC4)c(F)c3F)CC2)cc1F. The second-order valence-corrected chi connectivity index (χ2v) is 11.5. The van der Waals surface area contributed by atoms with E-state index in [2.05, 4.69) is 19.9 Å². The summed E-state index contributed by atoms with van der Waals surface area (Å²) in [4.78, 5) is 0. The van der Waals surface area contributed by atoms with E-state index in [1.807, 2.05) is 6.07 Å². The maximum atomic E-state index is 15.0. The molecule has 2 aliphatic carbocycles. The van der Waals surface area contributed by atoms with Crippen molar-refractivity contribution in [2.24, 2.45) is 5.92 Å². The molecule has 0 atom stereocenters. The highest BCUT2D eigenvalue weighted by molar-refractivity contribution is 5.30. The van der Waals surface area contributed by atoms with E-state index in [0.29, 0.717) is 17.0 Å². The summed E-state index contributed by atoms with van der Waals surface area (Å²) in [5, 5.41) is 0. The first-order valence-electron chi connectivity index (χ1n) is 14.9. The van der Waals surface area contributed by atoms with Crippen LogP contribution in [-0.2, 0) is 17.8 Å². The molecule has 0 aliphatic heterocycles. The number of unbranched alkanes of at least 4 members (excludes halogenated alkanes) is 2. The Morgan fingerprint density at radius 1 is 0.730 bits per heavy atom. The van der Waals surface area contributed by atoms with Gasteiger partial charge < -0.3 is 4.74 Å². The van der Waals surface area contributed by atoms with Crippen LogP contribution in [0.25, 0.3) is 0 Å². The lowest BCUT2D eigenvalue weighted by atomic mass is 9.77. The first-order chi connectivity index (χ1) is 18.0. The van der Waals surface area contributed by atoms with Crippen LogP contribution in [0.1, 0.15) is 131 Å². The van der Waals surface area contributed by atoms with Crippen LogP contribution in [0.3, 0.4) is 0 Å². The van der Waals surface area contributed by atoms with Gasteiger partial charge in [-0.2, -0.15) is 0 Å². The van der Waals surface area contributed by atoms with Gasteiger partial charge in [-0.15, -0.1) is 0 Å². The Morgan fingerprint density at radius 3 is 2.11 bits per heavy atom. The lowest BCUT2D eigenvalue weighted by Crippen LogP contribution is -2.21. The zero-order valence-corrected chi connectivity index (χ0v) is 22.8. The number of hydrogen-bond donors (Lipinski definition) is 0. The maximum Gasteiger partial charge on any atom is 0.164 e. The van der Waals surface area contributed by atoms with Crippen LogP contribution in [0.5, 0.6) is 0 Å². The van der Waals surface area contributed by atoms with Crippen LogP contribution in [-0.4, -0.2) is 6.10 Å². The van der Waals surface area contributed by atoms with Crippen LogP contribution in [0.2, 0.25) is 0 Å². The molecule has 4 rings (SSSR count). The van der Waals surface area contributed by atoms with Gasteiger partial charge in [-0.25, -0.2) is 13.2 Å². The van der Waals surface area contributed by atoms with Gasteiger partial charge in [0.25, 0.3) is 0 Å². The molecule has 0 radical (unpaired) electrons. The van der Waals surface area contributed by atoms with E-state index in [4.69, 9.17) is 4.74 Å². The molecular formula is C33H45F3O. The Kier molecular flexibility index (Phi) is 10.5. The summed E-state index contributed by atoms with van der Waals surface area (Å²) >= 11 is 0. The molecule has 0 heterocycles. The van der Waals surface area contributed by atoms with Crippen molar-refractivity contribution in [2.75, 3.05) is 0 Å². The average Bonchev–Trinajstić information content (AvgIpc) is 2.92. The maximum absolute atomic E-state index is 15.0. The van der Waals surface area contributed by atoms with Crippen LogP contribution >= 0.6 is 0 Å². The van der Waals surface area contributed by atoms with E-state index < -0.39 is 11.6 Å². The van der Waals surface area contributed by atoms with Crippen LogP contribution in [0.4, 0.5) is 13.2 Å². The Labute approximate surface area is 222 Å². The standard InChI is InChI=1S/C33H45F3O/c1-3-5-6-8-26-13-14-27(21-31(26)34)24-15-18-29(19-16-24)37-22-28-17-20-30(33(36)32(28)35)25-11-9-23(7-4-2)10-12-25/h13-14,17,20-21,23-25,29H,3-12,15-16,18-19,22H2,1-2H3. The summed E-state index contributed by atoms with van der Waals surface area (Å²) < 4.78 is 50.5. The zero-order chi connectivity index (χ0) is 26.2. The molecule has 0 bridgehead atoms. The quantitative estimate of drug-likeness (QED) is 0.271. The summed E-state index contributed by atoms with van der Waals surface area (Å²) in [6.45, 7) is 4.47. The Bertz CT molecular complexity index is 987. The minimum absolute atomic E-state index is 0.0328. The highest BCUT2D eigenvalue weighted by atomic mass is 19.2. The summed E-state index contributed by atoms with van der Waals surface area (Å²) in [7, 11) is 0. The van der Waals surface area contributed by atoms with Gasteiger partial charge in [-0.1, -0.05) is 63.8 Å². The fourth-order valence-electron chi connectivity index (χ4n) is 6.56. The highest BCUT2D eigenvalue weighted by Gasteiger charge is 2.27. The molecule has 1 nitrogen and oxygen atoms in total. The Hall–Kier alpha value is -1.81. The molecular weight excluding hydrogens is 469 g/mol. The van der Waals surface area contributed by atoms with Gasteiger partial charge in [-0.3, -0.25) is 0 Å².